The van der Waals surface area contributed by atoms with Gasteiger partial charge >= 0.3 is 0 Å². The number of benzene rings is 2. The van der Waals surface area contributed by atoms with Crippen molar-refractivity contribution in [2.24, 2.45) is 0 Å². The third-order valence-electron chi connectivity index (χ3n) is 5.55. The van der Waals surface area contributed by atoms with Crippen molar-refractivity contribution in [3.8, 4) is 22.4 Å². The van der Waals surface area contributed by atoms with E-state index in [0.717, 1.165) is 43.5 Å². The van der Waals surface area contributed by atoms with E-state index in [4.69, 9.17) is 5.10 Å². The van der Waals surface area contributed by atoms with Gasteiger partial charge in [-0.05, 0) is 48.7 Å². The maximum absolute atomic E-state index is 13.4. The number of quaternary nitrogens is 1. The third kappa shape index (κ3) is 5.22. The minimum absolute atomic E-state index is 0. The van der Waals surface area contributed by atoms with Crippen molar-refractivity contribution in [3.05, 3.63) is 76.8 Å². The van der Waals surface area contributed by atoms with E-state index >= 15 is 0 Å². The SMILES string of the molecule is C[NH+]1CCCC(n2nc(-c3ccc(F)cc3)cc(-c3ccccc3)c2=O)CC1.O.[Br-]. The Bertz CT molecular complexity index is 1010. The van der Waals surface area contributed by atoms with E-state index in [1.165, 1.54) is 17.0 Å². The fourth-order valence-corrected chi connectivity index (χ4v) is 3.91. The van der Waals surface area contributed by atoms with Gasteiger partial charge in [0.15, 0.2) is 0 Å². The summed E-state index contributed by atoms with van der Waals surface area (Å²) >= 11 is 0. The zero-order valence-electron chi connectivity index (χ0n) is 16.9. The molecule has 1 aliphatic rings. The average molecular weight is 476 g/mol. The van der Waals surface area contributed by atoms with Crippen LogP contribution in [0.2, 0.25) is 0 Å². The Kier molecular flexibility index (Phi) is 8.46. The van der Waals surface area contributed by atoms with Gasteiger partial charge in [0.2, 0.25) is 0 Å². The van der Waals surface area contributed by atoms with Gasteiger partial charge in [-0.2, -0.15) is 5.10 Å². The van der Waals surface area contributed by atoms with Crippen molar-refractivity contribution in [2.75, 3.05) is 20.1 Å². The van der Waals surface area contributed by atoms with Crippen LogP contribution in [-0.4, -0.2) is 35.4 Å². The summed E-state index contributed by atoms with van der Waals surface area (Å²) in [7, 11) is 2.20. The average Bonchev–Trinajstić information content (AvgIpc) is 2.94. The highest BCUT2D eigenvalue weighted by Gasteiger charge is 2.22. The fraction of sp³-hybridized carbons (Fsp3) is 0.304. The molecule has 0 saturated carbocycles. The Morgan fingerprint density at radius 2 is 1.70 bits per heavy atom. The molecule has 1 fully saturated rings. The summed E-state index contributed by atoms with van der Waals surface area (Å²) in [6.45, 7) is 2.15. The maximum Gasteiger partial charge on any atom is 0.274 e. The largest absolute Gasteiger partial charge is 1.00 e. The molecule has 0 spiro atoms. The molecule has 0 bridgehead atoms. The first-order valence-electron chi connectivity index (χ1n) is 9.88. The summed E-state index contributed by atoms with van der Waals surface area (Å²) in [5, 5.41) is 4.72. The van der Waals surface area contributed by atoms with Crippen molar-refractivity contribution >= 4 is 0 Å². The standard InChI is InChI=1S/C23H24FN3O.BrH.H2O/c1-26-14-5-8-20(13-15-26)27-23(28)21(17-6-3-2-4-7-17)16-22(25-27)18-9-11-19(24)12-10-18;;/h2-4,6-7,9-12,16,20H,5,8,13-15H2,1H3;1H;1H2. The van der Waals surface area contributed by atoms with Crippen molar-refractivity contribution in [3.63, 3.8) is 0 Å². The van der Waals surface area contributed by atoms with Crippen molar-refractivity contribution in [1.82, 2.24) is 9.78 Å². The molecule has 3 N–H and O–H groups in total. The lowest BCUT2D eigenvalue weighted by Crippen LogP contribution is -3.08. The van der Waals surface area contributed by atoms with Crippen LogP contribution in [0.25, 0.3) is 22.4 Å². The zero-order valence-corrected chi connectivity index (χ0v) is 18.5. The Morgan fingerprint density at radius 1 is 1.00 bits per heavy atom. The molecule has 0 amide bonds. The lowest BCUT2D eigenvalue weighted by atomic mass is 10.0. The van der Waals surface area contributed by atoms with Gasteiger partial charge in [0, 0.05) is 12.0 Å². The van der Waals surface area contributed by atoms with Crippen LogP contribution in [0.1, 0.15) is 25.3 Å². The minimum atomic E-state index is -0.282. The van der Waals surface area contributed by atoms with Crippen LogP contribution in [0.4, 0.5) is 4.39 Å². The van der Waals surface area contributed by atoms with Crippen LogP contribution in [0.5, 0.6) is 0 Å². The summed E-state index contributed by atoms with van der Waals surface area (Å²) < 4.78 is 15.1. The highest BCUT2D eigenvalue weighted by atomic mass is 79.9. The minimum Gasteiger partial charge on any atom is -1.00 e. The fourth-order valence-electron chi connectivity index (χ4n) is 3.91. The highest BCUT2D eigenvalue weighted by Crippen LogP contribution is 2.25. The van der Waals surface area contributed by atoms with E-state index in [9.17, 15) is 9.18 Å². The van der Waals surface area contributed by atoms with Crippen molar-refractivity contribution in [2.45, 2.75) is 25.3 Å². The summed E-state index contributed by atoms with van der Waals surface area (Å²) in [5.41, 5.74) is 2.97. The van der Waals surface area contributed by atoms with Crippen molar-refractivity contribution < 1.29 is 31.7 Å². The molecule has 30 heavy (non-hydrogen) atoms. The predicted octanol–water partition coefficient (Wildman–Crippen LogP) is -0.865. The summed E-state index contributed by atoms with van der Waals surface area (Å²) in [6, 6.07) is 17.9. The molecule has 0 aliphatic carbocycles. The van der Waals surface area contributed by atoms with E-state index in [-0.39, 0.29) is 39.9 Å². The Hall–Kier alpha value is -2.35. The molecular weight excluding hydrogens is 449 g/mol. The summed E-state index contributed by atoms with van der Waals surface area (Å²) in [6.07, 6.45) is 2.96. The molecule has 2 aromatic carbocycles. The number of nitrogens with zero attached hydrogens (tertiary/aromatic N) is 2. The number of likely N-dealkylation sites (tertiary alicyclic amines) is 1. The Balaban J connectivity index is 0.00000160. The number of rotatable bonds is 3. The molecule has 1 aliphatic heterocycles. The van der Waals surface area contributed by atoms with Gasteiger partial charge in [-0.1, -0.05) is 30.3 Å². The van der Waals surface area contributed by atoms with Crippen LogP contribution in [0, 0.1) is 5.82 Å². The molecule has 0 radical (unpaired) electrons. The maximum atomic E-state index is 13.4. The quantitative estimate of drug-likeness (QED) is 0.535. The third-order valence-corrected chi connectivity index (χ3v) is 5.55. The van der Waals surface area contributed by atoms with E-state index in [2.05, 4.69) is 7.05 Å². The lowest BCUT2D eigenvalue weighted by molar-refractivity contribution is -0.878. The molecular formula is C23H27BrFN3O2. The number of halogens is 2. The molecule has 3 aromatic rings. The summed E-state index contributed by atoms with van der Waals surface area (Å²) in [4.78, 5) is 14.8. The van der Waals surface area contributed by atoms with E-state index < -0.39 is 0 Å². The molecule has 1 saturated heterocycles. The Labute approximate surface area is 186 Å². The predicted molar refractivity (Wildman–Crippen MR) is 112 cm³/mol. The first kappa shape index (κ1) is 23.9. The van der Waals surface area contributed by atoms with E-state index in [1.807, 2.05) is 36.4 Å². The van der Waals surface area contributed by atoms with E-state index in [1.54, 1.807) is 16.8 Å². The van der Waals surface area contributed by atoms with Gasteiger partial charge in [0.05, 0.1) is 37.4 Å². The van der Waals surface area contributed by atoms with Gasteiger partial charge in [0.1, 0.15) is 5.82 Å². The second kappa shape index (κ2) is 10.6. The first-order chi connectivity index (χ1) is 13.6. The monoisotopic (exact) mass is 475 g/mol. The van der Waals surface area contributed by atoms with Crippen molar-refractivity contribution in [1.29, 1.82) is 0 Å². The number of hydrogen-bond acceptors (Lipinski definition) is 2. The molecule has 1 aromatic heterocycles. The van der Waals surface area contributed by atoms with Crippen LogP contribution in [0.15, 0.2) is 65.5 Å². The van der Waals surface area contributed by atoms with Gasteiger partial charge in [-0.15, -0.1) is 0 Å². The molecule has 2 atom stereocenters. The second-order valence-corrected chi connectivity index (χ2v) is 7.61. The molecule has 4 rings (SSSR count). The van der Waals surface area contributed by atoms with Crippen LogP contribution >= 0.6 is 0 Å². The van der Waals surface area contributed by atoms with Crippen LogP contribution < -0.4 is 27.4 Å². The number of nitrogens with one attached hydrogen (secondary N) is 1. The van der Waals surface area contributed by atoms with Gasteiger partial charge in [-0.25, -0.2) is 9.07 Å². The second-order valence-electron chi connectivity index (χ2n) is 7.61. The van der Waals surface area contributed by atoms with Gasteiger partial charge < -0.3 is 27.4 Å². The lowest BCUT2D eigenvalue weighted by Gasteiger charge is -2.18. The Morgan fingerprint density at radius 3 is 2.40 bits per heavy atom. The number of hydrogen-bond donors (Lipinski definition) is 1. The molecule has 2 heterocycles. The molecule has 7 heteroatoms. The molecule has 5 nitrogen and oxygen atoms in total. The first-order valence-corrected chi connectivity index (χ1v) is 9.88. The van der Waals surface area contributed by atoms with E-state index in [0.29, 0.717) is 11.3 Å². The van der Waals surface area contributed by atoms with Crippen LogP contribution in [-0.2, 0) is 0 Å². The zero-order chi connectivity index (χ0) is 19.5. The highest BCUT2D eigenvalue weighted by molar-refractivity contribution is 5.69. The smallest absolute Gasteiger partial charge is 0.274 e. The summed E-state index contributed by atoms with van der Waals surface area (Å²) in [5.74, 6) is -0.282. The molecule has 160 valence electrons. The molecule has 2 unspecified atom stereocenters. The van der Waals surface area contributed by atoms with Crippen LogP contribution in [0.3, 0.4) is 0 Å². The van der Waals surface area contributed by atoms with Gasteiger partial charge in [0.25, 0.3) is 5.56 Å². The normalized spacial score (nSPS) is 18.6. The number of aromatic nitrogens is 2. The topological polar surface area (TPSA) is 70.8 Å². The van der Waals surface area contributed by atoms with Gasteiger partial charge in [-0.3, -0.25) is 4.79 Å².